The summed E-state index contributed by atoms with van der Waals surface area (Å²) in [5, 5.41) is 9.25. The molecule has 0 saturated heterocycles. The molecule has 5 nitrogen and oxygen atoms in total. The molecule has 1 N–H and O–H groups in total. The molecule has 0 radical (unpaired) electrons. The van der Waals surface area contributed by atoms with Crippen molar-refractivity contribution in [2.45, 2.75) is 44.6 Å². The zero-order valence-corrected chi connectivity index (χ0v) is 19.9. The summed E-state index contributed by atoms with van der Waals surface area (Å²) in [6.07, 6.45) is 2.82. The average molecular weight is 476 g/mol. The fourth-order valence-corrected chi connectivity index (χ4v) is 4.64. The third-order valence-electron chi connectivity index (χ3n) is 6.36. The summed E-state index contributed by atoms with van der Waals surface area (Å²) in [7, 11) is 0. The Labute approximate surface area is 205 Å². The van der Waals surface area contributed by atoms with Crippen LogP contribution in [0.15, 0.2) is 72.8 Å². The van der Waals surface area contributed by atoms with E-state index in [-0.39, 0.29) is 36.8 Å². The number of hydrogen-bond donors (Lipinski definition) is 1. The Bertz CT molecular complexity index is 1180. The van der Waals surface area contributed by atoms with Gasteiger partial charge in [-0.2, -0.15) is 0 Å². The number of aryl methyl sites for hydroxylation is 1. The topological polar surface area (TPSA) is 66.8 Å². The van der Waals surface area contributed by atoms with E-state index >= 15 is 0 Å². The molecular formula is C29H30FNO4. The molecule has 0 unspecified atom stereocenters. The van der Waals surface area contributed by atoms with Crippen molar-refractivity contribution in [1.82, 2.24) is 4.90 Å². The number of carbonyl (C=O) groups is 2. The summed E-state index contributed by atoms with van der Waals surface area (Å²) in [4.78, 5) is 25.5. The molecule has 4 rings (SSSR count). The van der Waals surface area contributed by atoms with Crippen molar-refractivity contribution in [2.75, 3.05) is 13.1 Å². The number of fused-ring (bicyclic) bond motifs is 1. The van der Waals surface area contributed by atoms with Gasteiger partial charge in [0, 0.05) is 25.8 Å². The Hall–Kier alpha value is -3.67. The maximum Gasteiger partial charge on any atom is 0.323 e. The Balaban J connectivity index is 1.35. The normalized spacial score (nSPS) is 16.4. The lowest BCUT2D eigenvalue weighted by molar-refractivity contribution is -0.144. The highest BCUT2D eigenvalue weighted by Crippen LogP contribution is 2.37. The first-order valence-corrected chi connectivity index (χ1v) is 11.9. The summed E-state index contributed by atoms with van der Waals surface area (Å²) >= 11 is 0. The van der Waals surface area contributed by atoms with Gasteiger partial charge in [-0.15, -0.1) is 0 Å². The van der Waals surface area contributed by atoms with Crippen LogP contribution in [-0.4, -0.2) is 40.6 Å². The summed E-state index contributed by atoms with van der Waals surface area (Å²) in [5.74, 6) is -0.706. The van der Waals surface area contributed by atoms with Crippen molar-refractivity contribution in [1.29, 1.82) is 0 Å². The van der Waals surface area contributed by atoms with Gasteiger partial charge in [-0.05, 0) is 60.2 Å². The Morgan fingerprint density at radius 1 is 0.971 bits per heavy atom. The molecule has 1 heterocycles. The zero-order valence-electron chi connectivity index (χ0n) is 19.9. The summed E-state index contributed by atoms with van der Waals surface area (Å²) in [5.41, 5.74) is 3.93. The smallest absolute Gasteiger partial charge is 0.323 e. The van der Waals surface area contributed by atoms with Crippen LogP contribution in [-0.2, 0) is 35.3 Å². The number of amides is 1. The molecule has 1 amide bonds. The Kier molecular flexibility index (Phi) is 7.49. The van der Waals surface area contributed by atoms with Crippen LogP contribution in [0.1, 0.15) is 35.6 Å². The first kappa shape index (κ1) is 24.5. The van der Waals surface area contributed by atoms with Gasteiger partial charge in [0.15, 0.2) is 0 Å². The van der Waals surface area contributed by atoms with Gasteiger partial charge in [0.2, 0.25) is 5.91 Å². The number of halogens is 1. The molecule has 0 fully saturated rings. The van der Waals surface area contributed by atoms with Crippen molar-refractivity contribution in [3.63, 3.8) is 0 Å². The number of nitrogens with zero attached hydrogens (tertiary/aromatic N) is 1. The van der Waals surface area contributed by atoms with E-state index in [1.807, 2.05) is 30.3 Å². The minimum absolute atomic E-state index is 0.208. The largest absolute Gasteiger partial charge is 0.487 e. The van der Waals surface area contributed by atoms with Crippen LogP contribution in [0.5, 0.6) is 5.75 Å². The highest BCUT2D eigenvalue weighted by atomic mass is 19.1. The van der Waals surface area contributed by atoms with E-state index in [1.165, 1.54) is 22.6 Å². The molecule has 3 aromatic carbocycles. The van der Waals surface area contributed by atoms with E-state index in [0.717, 1.165) is 35.3 Å². The second-order valence-electron chi connectivity index (χ2n) is 9.42. The Morgan fingerprint density at radius 3 is 2.40 bits per heavy atom. The summed E-state index contributed by atoms with van der Waals surface area (Å²) in [6.45, 7) is 2.04. The van der Waals surface area contributed by atoms with Gasteiger partial charge in [0.1, 0.15) is 23.7 Å². The Morgan fingerprint density at radius 2 is 1.69 bits per heavy atom. The van der Waals surface area contributed by atoms with Crippen LogP contribution in [0.4, 0.5) is 4.39 Å². The molecule has 0 saturated carbocycles. The first-order valence-electron chi connectivity index (χ1n) is 11.9. The highest BCUT2D eigenvalue weighted by Gasteiger charge is 2.35. The second-order valence-corrected chi connectivity index (χ2v) is 9.42. The number of hydrogen-bond acceptors (Lipinski definition) is 3. The minimum Gasteiger partial charge on any atom is -0.487 e. The molecule has 1 aliphatic rings. The van der Waals surface area contributed by atoms with Crippen molar-refractivity contribution in [3.05, 3.63) is 101 Å². The van der Waals surface area contributed by atoms with Gasteiger partial charge in [-0.1, -0.05) is 54.6 Å². The molecule has 6 heteroatoms. The number of carbonyl (C=O) groups excluding carboxylic acids is 1. The van der Waals surface area contributed by atoms with Crippen LogP contribution in [0.25, 0.3) is 0 Å². The van der Waals surface area contributed by atoms with Crippen molar-refractivity contribution in [3.8, 4) is 5.75 Å². The predicted molar refractivity (Wildman–Crippen MR) is 132 cm³/mol. The first-order chi connectivity index (χ1) is 16.8. The quantitative estimate of drug-likeness (QED) is 0.455. The molecule has 182 valence electrons. The highest BCUT2D eigenvalue weighted by molar-refractivity contribution is 5.81. The molecule has 3 aromatic rings. The van der Waals surface area contributed by atoms with Crippen molar-refractivity contribution >= 4 is 11.9 Å². The monoisotopic (exact) mass is 475 g/mol. The van der Waals surface area contributed by atoms with E-state index in [9.17, 15) is 19.1 Å². The van der Waals surface area contributed by atoms with Gasteiger partial charge >= 0.3 is 5.97 Å². The van der Waals surface area contributed by atoms with Crippen LogP contribution in [0.3, 0.4) is 0 Å². The third-order valence-corrected chi connectivity index (χ3v) is 6.36. The van der Waals surface area contributed by atoms with Gasteiger partial charge in [0.25, 0.3) is 0 Å². The fraction of sp³-hybridized carbons (Fsp3) is 0.310. The molecule has 35 heavy (non-hydrogen) atoms. The zero-order chi connectivity index (χ0) is 24.8. The third kappa shape index (κ3) is 6.69. The van der Waals surface area contributed by atoms with Crippen molar-refractivity contribution < 1.29 is 23.8 Å². The average Bonchev–Trinajstić information content (AvgIpc) is 3.16. The van der Waals surface area contributed by atoms with Crippen molar-refractivity contribution in [2.24, 2.45) is 0 Å². The van der Waals surface area contributed by atoms with E-state index in [1.54, 1.807) is 12.1 Å². The van der Waals surface area contributed by atoms with E-state index in [4.69, 9.17) is 4.74 Å². The SMILES string of the molecule is C[C@@]1(Cc2ccccc2)Cc2cc(CCC(=O)N(CCc3ccc(F)cc3)CC(=O)O)ccc2O1. The molecular weight excluding hydrogens is 445 g/mol. The number of benzene rings is 3. The molecule has 0 aliphatic carbocycles. The molecule has 1 atom stereocenters. The summed E-state index contributed by atoms with van der Waals surface area (Å²) < 4.78 is 19.4. The number of rotatable bonds is 10. The van der Waals surface area contributed by atoms with Gasteiger partial charge in [-0.25, -0.2) is 4.39 Å². The lowest BCUT2D eigenvalue weighted by Crippen LogP contribution is -2.37. The van der Waals surface area contributed by atoms with E-state index in [2.05, 4.69) is 25.1 Å². The minimum atomic E-state index is -1.05. The number of aliphatic carboxylic acids is 1. The molecule has 0 bridgehead atoms. The predicted octanol–water partition coefficient (Wildman–Crippen LogP) is 4.85. The van der Waals surface area contributed by atoms with Crippen LogP contribution in [0, 0.1) is 5.82 Å². The van der Waals surface area contributed by atoms with Gasteiger partial charge < -0.3 is 14.7 Å². The molecule has 0 aromatic heterocycles. The number of ether oxygens (including phenoxy) is 1. The maximum absolute atomic E-state index is 13.1. The summed E-state index contributed by atoms with van der Waals surface area (Å²) in [6, 6.07) is 22.3. The van der Waals surface area contributed by atoms with Gasteiger partial charge in [0.05, 0.1) is 0 Å². The maximum atomic E-state index is 13.1. The number of carboxylic acids is 1. The standard InChI is InChI=1S/C29H30FNO4/c1-29(18-23-5-3-2-4-6-23)19-24-17-22(9-13-26(24)35-29)10-14-27(32)31(20-28(33)34)16-15-21-7-11-25(30)12-8-21/h2-9,11-13,17H,10,14-16,18-20H2,1H3,(H,33,34)/t29-/m1/s1. The molecule has 0 spiro atoms. The molecule has 1 aliphatic heterocycles. The second kappa shape index (κ2) is 10.7. The van der Waals surface area contributed by atoms with Gasteiger partial charge in [-0.3, -0.25) is 9.59 Å². The lowest BCUT2D eigenvalue weighted by Gasteiger charge is -2.24. The van der Waals surface area contributed by atoms with E-state index in [0.29, 0.717) is 12.8 Å². The van der Waals surface area contributed by atoms with Crippen LogP contribution >= 0.6 is 0 Å². The lowest BCUT2D eigenvalue weighted by atomic mass is 9.91. The number of carboxylic acid groups (broad SMARTS) is 1. The van der Waals surface area contributed by atoms with Crippen LogP contribution < -0.4 is 4.74 Å². The van der Waals surface area contributed by atoms with Crippen LogP contribution in [0.2, 0.25) is 0 Å². The fourth-order valence-electron chi connectivity index (χ4n) is 4.64. The van der Waals surface area contributed by atoms with E-state index < -0.39 is 5.97 Å².